The highest BCUT2D eigenvalue weighted by Crippen LogP contribution is 2.25. The van der Waals surface area contributed by atoms with Crippen LogP contribution in [0.1, 0.15) is 22.8 Å². The third-order valence-corrected chi connectivity index (χ3v) is 5.47. The first-order valence-corrected chi connectivity index (χ1v) is 9.86. The summed E-state index contributed by atoms with van der Waals surface area (Å²) < 4.78 is 0. The number of nitrogens with one attached hydrogen (secondary N) is 3. The molecule has 3 aromatic rings. The van der Waals surface area contributed by atoms with Crippen LogP contribution in [0.5, 0.6) is 0 Å². The summed E-state index contributed by atoms with van der Waals surface area (Å²) in [4.78, 5) is 39.7. The molecule has 0 aliphatic rings. The minimum absolute atomic E-state index is 0.0759. The number of fused-ring (bicyclic) bond motifs is 1. The molecule has 0 bridgehead atoms. The molecule has 2 aromatic carbocycles. The molecule has 156 valence electrons. The summed E-state index contributed by atoms with van der Waals surface area (Å²) in [5.41, 5.74) is 1.76. The van der Waals surface area contributed by atoms with E-state index in [1.807, 2.05) is 24.3 Å². The van der Waals surface area contributed by atoms with Crippen molar-refractivity contribution < 1.29 is 19.5 Å². The van der Waals surface area contributed by atoms with Crippen molar-refractivity contribution in [2.45, 2.75) is 25.4 Å². The number of hydrogen-bond donors (Lipinski definition) is 4. The zero-order valence-electron chi connectivity index (χ0n) is 15.9. The summed E-state index contributed by atoms with van der Waals surface area (Å²) in [6.45, 7) is 1.45. The molecule has 2 unspecified atom stereocenters. The lowest BCUT2D eigenvalue weighted by Crippen LogP contribution is -2.51. The number of para-hydroxylation sites is 1. The van der Waals surface area contributed by atoms with Gasteiger partial charge in [0.05, 0.1) is 15.6 Å². The second-order valence-electron chi connectivity index (χ2n) is 6.76. The third kappa shape index (κ3) is 4.75. The van der Waals surface area contributed by atoms with E-state index in [0.717, 1.165) is 16.5 Å². The first-order valence-electron chi connectivity index (χ1n) is 9.11. The molecule has 1 aromatic heterocycles. The standard InChI is InChI=1S/C21H19Cl2N3O4/c1-11(25-20(28)14-6-4-7-15(22)18(14)23)19(27)26-17(21(29)30)9-12-10-24-16-8-3-2-5-13(12)16/h2-8,10-11,17,24H,9H2,1H3,(H,25,28)(H,26,27)(H,29,30). The maximum absolute atomic E-state index is 12.5. The van der Waals surface area contributed by atoms with Crippen molar-refractivity contribution in [3.8, 4) is 0 Å². The van der Waals surface area contributed by atoms with E-state index in [1.165, 1.54) is 13.0 Å². The zero-order chi connectivity index (χ0) is 21.8. The second-order valence-corrected chi connectivity index (χ2v) is 7.54. The lowest BCUT2D eigenvalue weighted by molar-refractivity contribution is -0.142. The molecule has 1 heterocycles. The Morgan fingerprint density at radius 3 is 2.53 bits per heavy atom. The van der Waals surface area contributed by atoms with Crippen LogP contribution in [0, 0.1) is 0 Å². The summed E-state index contributed by atoms with van der Waals surface area (Å²) >= 11 is 11.9. The third-order valence-electron chi connectivity index (χ3n) is 4.65. The van der Waals surface area contributed by atoms with Gasteiger partial charge in [0.25, 0.3) is 5.91 Å². The second kappa shape index (κ2) is 9.19. The van der Waals surface area contributed by atoms with Crippen LogP contribution in [-0.4, -0.2) is 40.0 Å². The number of carboxylic acids is 1. The lowest BCUT2D eigenvalue weighted by Gasteiger charge is -2.19. The van der Waals surface area contributed by atoms with E-state index < -0.39 is 29.9 Å². The van der Waals surface area contributed by atoms with Gasteiger partial charge >= 0.3 is 5.97 Å². The number of aromatic nitrogens is 1. The normalized spacial score (nSPS) is 12.9. The maximum Gasteiger partial charge on any atom is 0.326 e. The lowest BCUT2D eigenvalue weighted by atomic mass is 10.0. The highest BCUT2D eigenvalue weighted by atomic mass is 35.5. The molecule has 0 saturated carbocycles. The van der Waals surface area contributed by atoms with Crippen molar-refractivity contribution >= 4 is 51.9 Å². The highest BCUT2D eigenvalue weighted by Gasteiger charge is 2.26. The summed E-state index contributed by atoms with van der Waals surface area (Å²) in [6.07, 6.45) is 1.81. The number of halogens is 2. The minimum Gasteiger partial charge on any atom is -0.480 e. The SMILES string of the molecule is CC(NC(=O)c1cccc(Cl)c1Cl)C(=O)NC(Cc1c[nH]c2ccccc12)C(=O)O. The predicted octanol–water partition coefficient (Wildman–Crippen LogP) is 3.41. The molecular formula is C21H19Cl2N3O4. The van der Waals surface area contributed by atoms with E-state index in [2.05, 4.69) is 15.6 Å². The molecule has 0 spiro atoms. The molecule has 0 aliphatic heterocycles. The monoisotopic (exact) mass is 447 g/mol. The Kier molecular flexibility index (Phi) is 6.64. The Balaban J connectivity index is 1.68. The van der Waals surface area contributed by atoms with E-state index in [0.29, 0.717) is 0 Å². The van der Waals surface area contributed by atoms with Crippen LogP contribution in [0.4, 0.5) is 0 Å². The van der Waals surface area contributed by atoms with Gasteiger partial charge in [-0.25, -0.2) is 4.79 Å². The molecule has 7 nitrogen and oxygen atoms in total. The fourth-order valence-electron chi connectivity index (χ4n) is 3.04. The van der Waals surface area contributed by atoms with Gasteiger partial charge < -0.3 is 20.7 Å². The van der Waals surface area contributed by atoms with Gasteiger partial charge in [0, 0.05) is 23.5 Å². The van der Waals surface area contributed by atoms with E-state index in [1.54, 1.807) is 18.3 Å². The van der Waals surface area contributed by atoms with E-state index in [4.69, 9.17) is 23.2 Å². The summed E-state index contributed by atoms with van der Waals surface area (Å²) in [5.74, 6) is -2.40. The Morgan fingerprint density at radius 2 is 1.80 bits per heavy atom. The number of carboxylic acid groups (broad SMARTS) is 1. The van der Waals surface area contributed by atoms with Crippen molar-refractivity contribution in [2.75, 3.05) is 0 Å². The van der Waals surface area contributed by atoms with Crippen LogP contribution in [0.25, 0.3) is 10.9 Å². The number of benzene rings is 2. The number of amides is 2. The van der Waals surface area contributed by atoms with Crippen molar-refractivity contribution in [2.24, 2.45) is 0 Å². The van der Waals surface area contributed by atoms with Crippen LogP contribution in [0.2, 0.25) is 10.0 Å². The molecule has 2 amide bonds. The van der Waals surface area contributed by atoms with Crippen LogP contribution in [0.3, 0.4) is 0 Å². The van der Waals surface area contributed by atoms with Gasteiger partial charge in [-0.15, -0.1) is 0 Å². The highest BCUT2D eigenvalue weighted by molar-refractivity contribution is 6.43. The van der Waals surface area contributed by atoms with Gasteiger partial charge in [-0.1, -0.05) is 47.5 Å². The molecule has 0 radical (unpaired) electrons. The van der Waals surface area contributed by atoms with Crippen LogP contribution < -0.4 is 10.6 Å². The first-order chi connectivity index (χ1) is 14.3. The number of carbonyl (C=O) groups is 3. The molecule has 0 saturated heterocycles. The minimum atomic E-state index is -1.18. The number of aromatic amines is 1. The fraction of sp³-hybridized carbons (Fsp3) is 0.190. The van der Waals surface area contributed by atoms with Crippen molar-refractivity contribution in [1.29, 1.82) is 0 Å². The van der Waals surface area contributed by atoms with Gasteiger partial charge in [-0.2, -0.15) is 0 Å². The van der Waals surface area contributed by atoms with Crippen LogP contribution in [0.15, 0.2) is 48.7 Å². The molecular weight excluding hydrogens is 429 g/mol. The Labute approximate surface area is 182 Å². The largest absolute Gasteiger partial charge is 0.480 e. The molecule has 4 N–H and O–H groups in total. The quantitative estimate of drug-likeness (QED) is 0.444. The van der Waals surface area contributed by atoms with Gasteiger partial charge in [-0.05, 0) is 30.7 Å². The number of H-pyrrole nitrogens is 1. The Bertz CT molecular complexity index is 1110. The Morgan fingerprint density at radius 1 is 1.07 bits per heavy atom. The topological polar surface area (TPSA) is 111 Å². The van der Waals surface area contributed by atoms with Crippen molar-refractivity contribution in [1.82, 2.24) is 15.6 Å². The van der Waals surface area contributed by atoms with E-state index >= 15 is 0 Å². The van der Waals surface area contributed by atoms with Gasteiger partial charge in [0.15, 0.2) is 0 Å². The first kappa shape index (κ1) is 21.7. The predicted molar refractivity (Wildman–Crippen MR) is 115 cm³/mol. The number of rotatable bonds is 7. The summed E-state index contributed by atoms with van der Waals surface area (Å²) in [6, 6.07) is 9.91. The van der Waals surface area contributed by atoms with Gasteiger partial charge in [0.1, 0.15) is 12.1 Å². The molecule has 3 rings (SSSR count). The van der Waals surface area contributed by atoms with Crippen LogP contribution in [-0.2, 0) is 16.0 Å². The van der Waals surface area contributed by atoms with Crippen molar-refractivity contribution in [3.63, 3.8) is 0 Å². The summed E-state index contributed by atoms with van der Waals surface area (Å²) in [5, 5.41) is 15.7. The van der Waals surface area contributed by atoms with Gasteiger partial charge in [-0.3, -0.25) is 9.59 Å². The van der Waals surface area contributed by atoms with E-state index in [-0.39, 0.29) is 22.0 Å². The summed E-state index contributed by atoms with van der Waals surface area (Å²) in [7, 11) is 0. The average Bonchev–Trinajstić information content (AvgIpc) is 3.12. The number of carbonyl (C=O) groups excluding carboxylic acids is 2. The molecule has 2 atom stereocenters. The maximum atomic E-state index is 12.5. The van der Waals surface area contributed by atoms with Crippen LogP contribution >= 0.6 is 23.2 Å². The fourth-order valence-corrected chi connectivity index (χ4v) is 3.42. The smallest absolute Gasteiger partial charge is 0.326 e. The number of aliphatic carboxylic acids is 1. The molecule has 0 fully saturated rings. The molecule has 30 heavy (non-hydrogen) atoms. The van der Waals surface area contributed by atoms with E-state index in [9.17, 15) is 19.5 Å². The van der Waals surface area contributed by atoms with Gasteiger partial charge in [0.2, 0.25) is 5.91 Å². The average molecular weight is 448 g/mol. The van der Waals surface area contributed by atoms with Crippen molar-refractivity contribution in [3.05, 3.63) is 69.8 Å². The molecule has 9 heteroatoms. The Hall–Kier alpha value is -3.03. The zero-order valence-corrected chi connectivity index (χ0v) is 17.4. The number of hydrogen-bond acceptors (Lipinski definition) is 3. The molecule has 0 aliphatic carbocycles.